The monoisotopic (exact) mass is 238 g/mol. The Kier molecular flexibility index (Phi) is 3.17. The second-order valence-corrected chi connectivity index (χ2v) is 4.88. The summed E-state index contributed by atoms with van der Waals surface area (Å²) in [5, 5.41) is 6.93. The molecule has 2 N–H and O–H groups in total. The maximum Gasteiger partial charge on any atom is 0.251 e. The minimum absolute atomic E-state index is 0.0390. The molecule has 1 saturated heterocycles. The summed E-state index contributed by atoms with van der Waals surface area (Å²) in [6.45, 7) is 3.84. The Labute approximate surface area is 100 Å². The maximum absolute atomic E-state index is 11.9. The number of benzene rings is 1. The minimum atomic E-state index is -0.128. The highest BCUT2D eigenvalue weighted by Gasteiger charge is 2.30. The highest BCUT2D eigenvalue weighted by atomic mass is 35.5. The first-order chi connectivity index (χ1) is 7.59. The maximum atomic E-state index is 11.9. The van der Waals surface area contributed by atoms with Gasteiger partial charge in [-0.2, -0.15) is 0 Å². The Balaban J connectivity index is 2.05. The Bertz CT molecular complexity index is 383. The third-order valence-corrected chi connectivity index (χ3v) is 3.14. The van der Waals surface area contributed by atoms with Crippen molar-refractivity contribution in [1.82, 2.24) is 10.6 Å². The van der Waals surface area contributed by atoms with Crippen molar-refractivity contribution in [3.63, 3.8) is 0 Å². The molecule has 0 aromatic heterocycles. The van der Waals surface area contributed by atoms with Crippen LogP contribution in [0.5, 0.6) is 0 Å². The van der Waals surface area contributed by atoms with Crippen molar-refractivity contribution in [2.45, 2.75) is 18.9 Å². The zero-order valence-electron chi connectivity index (χ0n) is 9.22. The smallest absolute Gasteiger partial charge is 0.251 e. The molecule has 0 radical (unpaired) electrons. The molecule has 3 nitrogen and oxygen atoms in total. The first kappa shape index (κ1) is 11.4. The van der Waals surface area contributed by atoms with Crippen LogP contribution in [0.25, 0.3) is 0 Å². The van der Waals surface area contributed by atoms with Gasteiger partial charge in [0.05, 0.1) is 5.54 Å². The number of hydrogen-bond donors (Lipinski definition) is 2. The molecular formula is C12H15ClN2O. The van der Waals surface area contributed by atoms with E-state index in [0.29, 0.717) is 10.6 Å². The second-order valence-electron chi connectivity index (χ2n) is 4.45. The van der Waals surface area contributed by atoms with Crippen molar-refractivity contribution in [3.8, 4) is 0 Å². The van der Waals surface area contributed by atoms with Crippen molar-refractivity contribution < 1.29 is 4.79 Å². The number of amides is 1. The number of rotatable bonds is 2. The summed E-state index contributed by atoms with van der Waals surface area (Å²) < 4.78 is 0. The van der Waals surface area contributed by atoms with E-state index < -0.39 is 0 Å². The Hall–Kier alpha value is -1.06. The van der Waals surface area contributed by atoms with Crippen LogP contribution < -0.4 is 10.6 Å². The van der Waals surface area contributed by atoms with Crippen LogP contribution in [-0.4, -0.2) is 24.5 Å². The molecule has 1 aromatic rings. The summed E-state index contributed by atoms with van der Waals surface area (Å²) in [4.78, 5) is 11.9. The molecule has 0 aliphatic carbocycles. The molecule has 16 heavy (non-hydrogen) atoms. The van der Waals surface area contributed by atoms with E-state index in [1.807, 2.05) is 0 Å². The van der Waals surface area contributed by atoms with Gasteiger partial charge in [-0.15, -0.1) is 0 Å². The number of nitrogens with one attached hydrogen (secondary N) is 2. The Morgan fingerprint density at radius 2 is 2.12 bits per heavy atom. The van der Waals surface area contributed by atoms with E-state index in [1.54, 1.807) is 24.3 Å². The first-order valence-corrected chi connectivity index (χ1v) is 5.76. The fourth-order valence-electron chi connectivity index (χ4n) is 1.87. The van der Waals surface area contributed by atoms with Gasteiger partial charge in [0.2, 0.25) is 0 Å². The van der Waals surface area contributed by atoms with Crippen LogP contribution in [0, 0.1) is 0 Å². The highest BCUT2D eigenvalue weighted by Crippen LogP contribution is 2.15. The molecule has 1 fully saturated rings. The summed E-state index contributed by atoms with van der Waals surface area (Å²) in [5.74, 6) is -0.0390. The van der Waals surface area contributed by atoms with Crippen LogP contribution in [-0.2, 0) is 0 Å². The van der Waals surface area contributed by atoms with E-state index in [2.05, 4.69) is 17.6 Å². The van der Waals surface area contributed by atoms with E-state index in [4.69, 9.17) is 11.6 Å². The van der Waals surface area contributed by atoms with Crippen LogP contribution >= 0.6 is 11.6 Å². The molecule has 1 unspecified atom stereocenters. The van der Waals surface area contributed by atoms with Crippen molar-refractivity contribution in [2.24, 2.45) is 0 Å². The van der Waals surface area contributed by atoms with Gasteiger partial charge in [-0.1, -0.05) is 11.6 Å². The second kappa shape index (κ2) is 4.44. The summed E-state index contributed by atoms with van der Waals surface area (Å²) in [6, 6.07) is 6.93. The molecule has 1 atom stereocenters. The topological polar surface area (TPSA) is 41.1 Å². The molecule has 0 bridgehead atoms. The van der Waals surface area contributed by atoms with Gasteiger partial charge in [0.1, 0.15) is 0 Å². The van der Waals surface area contributed by atoms with Gasteiger partial charge in [-0.3, -0.25) is 4.79 Å². The van der Waals surface area contributed by atoms with Gasteiger partial charge in [0, 0.05) is 17.1 Å². The predicted octanol–water partition coefficient (Wildman–Crippen LogP) is 1.82. The van der Waals surface area contributed by atoms with E-state index >= 15 is 0 Å². The zero-order valence-corrected chi connectivity index (χ0v) is 9.97. The molecule has 1 aliphatic rings. The lowest BCUT2D eigenvalue weighted by molar-refractivity contribution is 0.0913. The third kappa shape index (κ3) is 2.54. The molecule has 1 aliphatic heterocycles. The molecule has 0 saturated carbocycles. The molecule has 4 heteroatoms. The number of carbonyl (C=O) groups is 1. The van der Waals surface area contributed by atoms with Crippen LogP contribution in [0.15, 0.2) is 24.3 Å². The van der Waals surface area contributed by atoms with Crippen LogP contribution in [0.3, 0.4) is 0 Å². The number of carbonyl (C=O) groups excluding carboxylic acids is 1. The third-order valence-electron chi connectivity index (χ3n) is 2.89. The van der Waals surface area contributed by atoms with Crippen molar-refractivity contribution in [2.75, 3.05) is 13.1 Å². The van der Waals surface area contributed by atoms with Gasteiger partial charge in [-0.25, -0.2) is 0 Å². The fraction of sp³-hybridized carbons (Fsp3) is 0.417. The molecule has 1 amide bonds. The lowest BCUT2D eigenvalue weighted by Crippen LogP contribution is -2.47. The molecular weight excluding hydrogens is 224 g/mol. The normalized spacial score (nSPS) is 24.4. The quantitative estimate of drug-likeness (QED) is 0.825. The van der Waals surface area contributed by atoms with Gasteiger partial charge in [-0.05, 0) is 44.2 Å². The van der Waals surface area contributed by atoms with Gasteiger partial charge in [0.15, 0.2) is 0 Å². The summed E-state index contributed by atoms with van der Waals surface area (Å²) in [7, 11) is 0. The Morgan fingerprint density at radius 3 is 2.69 bits per heavy atom. The van der Waals surface area contributed by atoms with Crippen molar-refractivity contribution >= 4 is 17.5 Å². The minimum Gasteiger partial charge on any atom is -0.346 e. The predicted molar refractivity (Wildman–Crippen MR) is 64.8 cm³/mol. The van der Waals surface area contributed by atoms with E-state index in [1.165, 1.54) is 0 Å². The van der Waals surface area contributed by atoms with Gasteiger partial charge in [0.25, 0.3) is 5.91 Å². The standard InChI is InChI=1S/C12H15ClN2O/c1-12(6-7-14-8-12)15-11(16)9-2-4-10(13)5-3-9/h2-5,14H,6-8H2,1H3,(H,15,16). The number of halogens is 1. The fourth-order valence-corrected chi connectivity index (χ4v) is 2.00. The average molecular weight is 239 g/mol. The van der Waals surface area contributed by atoms with Gasteiger partial charge >= 0.3 is 0 Å². The summed E-state index contributed by atoms with van der Waals surface area (Å²) in [5.41, 5.74) is 0.522. The lowest BCUT2D eigenvalue weighted by atomic mass is 10.0. The van der Waals surface area contributed by atoms with E-state index in [0.717, 1.165) is 19.5 Å². The van der Waals surface area contributed by atoms with Crippen LogP contribution in [0.4, 0.5) is 0 Å². The number of hydrogen-bond acceptors (Lipinski definition) is 2. The molecule has 86 valence electrons. The van der Waals surface area contributed by atoms with Crippen LogP contribution in [0.1, 0.15) is 23.7 Å². The largest absolute Gasteiger partial charge is 0.346 e. The molecule has 1 heterocycles. The molecule has 1 aromatic carbocycles. The van der Waals surface area contributed by atoms with E-state index in [9.17, 15) is 4.79 Å². The Morgan fingerprint density at radius 1 is 1.44 bits per heavy atom. The molecule has 2 rings (SSSR count). The van der Waals surface area contributed by atoms with Crippen molar-refractivity contribution in [1.29, 1.82) is 0 Å². The van der Waals surface area contributed by atoms with Crippen LogP contribution in [0.2, 0.25) is 5.02 Å². The zero-order chi connectivity index (χ0) is 11.6. The summed E-state index contributed by atoms with van der Waals surface area (Å²) in [6.07, 6.45) is 0.965. The van der Waals surface area contributed by atoms with Crippen molar-refractivity contribution in [3.05, 3.63) is 34.9 Å². The lowest BCUT2D eigenvalue weighted by Gasteiger charge is -2.24. The van der Waals surface area contributed by atoms with E-state index in [-0.39, 0.29) is 11.4 Å². The summed E-state index contributed by atoms with van der Waals surface area (Å²) >= 11 is 5.77. The SMILES string of the molecule is CC1(NC(=O)c2ccc(Cl)cc2)CCNC1. The van der Waals surface area contributed by atoms with Gasteiger partial charge < -0.3 is 10.6 Å². The first-order valence-electron chi connectivity index (χ1n) is 5.38. The molecule has 0 spiro atoms. The highest BCUT2D eigenvalue weighted by molar-refractivity contribution is 6.30. The average Bonchev–Trinajstić information content (AvgIpc) is 2.65.